The maximum absolute atomic E-state index is 12.9. The molecule has 1 aliphatic carbocycles. The van der Waals surface area contributed by atoms with E-state index in [0.717, 1.165) is 25.9 Å². The molecule has 2 rings (SSSR count). The Labute approximate surface area is 111 Å². The zero-order valence-electron chi connectivity index (χ0n) is 11.9. The summed E-state index contributed by atoms with van der Waals surface area (Å²) in [6.45, 7) is 10.5. The fourth-order valence-electron chi connectivity index (χ4n) is 3.06. The molecular weight excluding hydrogens is 248 g/mol. The molecule has 1 aliphatic heterocycles. The maximum atomic E-state index is 12.9. The van der Waals surface area contributed by atoms with Crippen molar-refractivity contribution in [3.8, 4) is 0 Å². The second kappa shape index (κ2) is 4.76. The van der Waals surface area contributed by atoms with Crippen LogP contribution in [0.3, 0.4) is 0 Å². The van der Waals surface area contributed by atoms with Gasteiger partial charge in [-0.25, -0.2) is 8.42 Å². The average molecular weight is 274 g/mol. The van der Waals surface area contributed by atoms with Crippen LogP contribution in [0.1, 0.15) is 40.5 Å². The molecule has 2 aliphatic rings. The third-order valence-electron chi connectivity index (χ3n) is 4.62. The first-order valence-electron chi connectivity index (χ1n) is 7.05. The van der Waals surface area contributed by atoms with Crippen molar-refractivity contribution in [3.05, 3.63) is 0 Å². The van der Waals surface area contributed by atoms with Crippen molar-refractivity contribution in [2.75, 3.05) is 19.6 Å². The van der Waals surface area contributed by atoms with Crippen molar-refractivity contribution in [2.24, 2.45) is 11.8 Å². The van der Waals surface area contributed by atoms with Gasteiger partial charge in [-0.2, -0.15) is 4.31 Å². The lowest BCUT2D eigenvalue weighted by Gasteiger charge is -2.40. The van der Waals surface area contributed by atoms with Crippen LogP contribution in [0.2, 0.25) is 0 Å². The van der Waals surface area contributed by atoms with Crippen LogP contribution in [0.5, 0.6) is 0 Å². The summed E-state index contributed by atoms with van der Waals surface area (Å²) in [6.07, 6.45) is 1.67. The van der Waals surface area contributed by atoms with E-state index in [0.29, 0.717) is 12.5 Å². The van der Waals surface area contributed by atoms with Gasteiger partial charge in [-0.05, 0) is 24.7 Å². The summed E-state index contributed by atoms with van der Waals surface area (Å²) < 4.78 is 27.2. The first-order chi connectivity index (χ1) is 8.33. The van der Waals surface area contributed by atoms with Crippen molar-refractivity contribution in [1.29, 1.82) is 0 Å². The molecule has 0 aromatic heterocycles. The molecule has 1 heterocycles. The monoisotopic (exact) mass is 274 g/mol. The van der Waals surface area contributed by atoms with Gasteiger partial charge in [0.15, 0.2) is 0 Å². The van der Waals surface area contributed by atoms with E-state index in [1.807, 2.05) is 13.8 Å². The first-order valence-corrected chi connectivity index (χ1v) is 8.49. The van der Waals surface area contributed by atoms with E-state index in [9.17, 15) is 8.42 Å². The van der Waals surface area contributed by atoms with Crippen molar-refractivity contribution < 1.29 is 8.42 Å². The summed E-state index contributed by atoms with van der Waals surface area (Å²) >= 11 is 0. The maximum Gasteiger partial charge on any atom is 0.220 e. The molecule has 1 atom stereocenters. The first kappa shape index (κ1) is 14.3. The molecule has 0 bridgehead atoms. The molecule has 2 fully saturated rings. The normalized spacial score (nSPS) is 28.9. The SMILES string of the molecule is CC(C)C1CNCCN1S(=O)(=O)C1(C(C)C)CC1. The summed E-state index contributed by atoms with van der Waals surface area (Å²) in [5.41, 5.74) is 0. The Morgan fingerprint density at radius 2 is 1.83 bits per heavy atom. The van der Waals surface area contributed by atoms with Crippen molar-refractivity contribution >= 4 is 10.0 Å². The number of rotatable bonds is 4. The average Bonchev–Trinajstić information content (AvgIpc) is 3.10. The Morgan fingerprint density at radius 3 is 2.28 bits per heavy atom. The highest BCUT2D eigenvalue weighted by molar-refractivity contribution is 7.90. The minimum Gasteiger partial charge on any atom is -0.314 e. The van der Waals surface area contributed by atoms with Crippen LogP contribution in [0, 0.1) is 11.8 Å². The second-order valence-electron chi connectivity index (χ2n) is 6.35. The standard InChI is InChI=1S/C13H26N2O2S/c1-10(2)12-9-14-7-8-15(12)18(16,17)13(5-6-13)11(3)4/h10-12,14H,5-9H2,1-4H3. The number of nitrogens with zero attached hydrogens (tertiary/aromatic N) is 1. The molecule has 0 amide bonds. The Kier molecular flexibility index (Phi) is 3.78. The highest BCUT2D eigenvalue weighted by Crippen LogP contribution is 2.51. The topological polar surface area (TPSA) is 49.4 Å². The minimum atomic E-state index is -3.15. The van der Waals surface area contributed by atoms with Gasteiger partial charge >= 0.3 is 0 Å². The van der Waals surface area contributed by atoms with Gasteiger partial charge in [-0.3, -0.25) is 0 Å². The number of sulfonamides is 1. The summed E-state index contributed by atoms with van der Waals surface area (Å²) in [5.74, 6) is 0.570. The van der Waals surface area contributed by atoms with Crippen LogP contribution < -0.4 is 5.32 Å². The van der Waals surface area contributed by atoms with Crippen LogP contribution in [0.25, 0.3) is 0 Å². The van der Waals surface area contributed by atoms with Crippen molar-refractivity contribution in [1.82, 2.24) is 9.62 Å². The summed E-state index contributed by atoms with van der Waals surface area (Å²) in [5, 5.41) is 3.31. The van der Waals surface area contributed by atoms with Crippen molar-refractivity contribution in [2.45, 2.75) is 51.3 Å². The van der Waals surface area contributed by atoms with Crippen LogP contribution in [-0.4, -0.2) is 43.1 Å². The highest BCUT2D eigenvalue weighted by atomic mass is 32.2. The molecule has 0 radical (unpaired) electrons. The van der Waals surface area contributed by atoms with Crippen LogP contribution in [-0.2, 0) is 10.0 Å². The van der Waals surface area contributed by atoms with Gasteiger partial charge in [0.1, 0.15) is 0 Å². The molecule has 18 heavy (non-hydrogen) atoms. The number of piperazine rings is 1. The fraction of sp³-hybridized carbons (Fsp3) is 1.00. The Bertz CT molecular complexity index is 399. The van der Waals surface area contributed by atoms with E-state index in [2.05, 4.69) is 19.2 Å². The van der Waals surface area contributed by atoms with Crippen LogP contribution in [0.4, 0.5) is 0 Å². The molecule has 0 spiro atoms. The predicted molar refractivity (Wildman–Crippen MR) is 73.9 cm³/mol. The van der Waals surface area contributed by atoms with Gasteiger partial charge in [0.05, 0.1) is 4.75 Å². The molecule has 0 aromatic rings. The highest BCUT2D eigenvalue weighted by Gasteiger charge is 2.59. The summed E-state index contributed by atoms with van der Waals surface area (Å²) in [6, 6.07) is 0.111. The van der Waals surface area contributed by atoms with Gasteiger partial charge in [0, 0.05) is 25.7 Å². The molecule has 4 nitrogen and oxygen atoms in total. The molecule has 106 valence electrons. The molecule has 0 aromatic carbocycles. The molecule has 1 unspecified atom stereocenters. The largest absolute Gasteiger partial charge is 0.314 e. The van der Waals surface area contributed by atoms with Gasteiger partial charge in [0.25, 0.3) is 0 Å². The fourth-order valence-corrected chi connectivity index (χ4v) is 5.75. The zero-order chi connectivity index (χ0) is 13.6. The van der Waals surface area contributed by atoms with Gasteiger partial charge in [-0.1, -0.05) is 27.7 Å². The predicted octanol–water partition coefficient (Wildman–Crippen LogP) is 1.43. The second-order valence-corrected chi connectivity index (χ2v) is 8.58. The Morgan fingerprint density at radius 1 is 1.22 bits per heavy atom. The van der Waals surface area contributed by atoms with Gasteiger partial charge < -0.3 is 5.32 Å². The lowest BCUT2D eigenvalue weighted by atomic mass is 10.0. The molecule has 5 heteroatoms. The minimum absolute atomic E-state index is 0.111. The van der Waals surface area contributed by atoms with Gasteiger partial charge in [-0.15, -0.1) is 0 Å². The number of hydrogen-bond acceptors (Lipinski definition) is 3. The lowest BCUT2D eigenvalue weighted by Crippen LogP contribution is -2.58. The van der Waals surface area contributed by atoms with Gasteiger partial charge in [0.2, 0.25) is 10.0 Å². The van der Waals surface area contributed by atoms with Crippen molar-refractivity contribution in [3.63, 3.8) is 0 Å². The molecule has 1 saturated carbocycles. The quantitative estimate of drug-likeness (QED) is 0.844. The van der Waals surface area contributed by atoms with E-state index in [-0.39, 0.29) is 12.0 Å². The summed E-state index contributed by atoms with van der Waals surface area (Å²) in [4.78, 5) is 0. The molecule has 1 saturated heterocycles. The third-order valence-corrected chi connectivity index (χ3v) is 7.60. The summed E-state index contributed by atoms with van der Waals surface area (Å²) in [7, 11) is -3.15. The molecule has 1 N–H and O–H groups in total. The smallest absolute Gasteiger partial charge is 0.220 e. The molecular formula is C13H26N2O2S. The van der Waals surface area contributed by atoms with E-state index in [1.165, 1.54) is 0 Å². The third kappa shape index (κ3) is 2.10. The number of nitrogens with one attached hydrogen (secondary N) is 1. The van der Waals surface area contributed by atoms with E-state index >= 15 is 0 Å². The van der Waals surface area contributed by atoms with E-state index in [4.69, 9.17) is 0 Å². The van der Waals surface area contributed by atoms with E-state index < -0.39 is 14.8 Å². The van der Waals surface area contributed by atoms with Crippen LogP contribution in [0.15, 0.2) is 0 Å². The lowest BCUT2D eigenvalue weighted by molar-refractivity contribution is 0.212. The van der Waals surface area contributed by atoms with Crippen LogP contribution >= 0.6 is 0 Å². The van der Waals surface area contributed by atoms with E-state index in [1.54, 1.807) is 4.31 Å². The zero-order valence-corrected chi connectivity index (χ0v) is 12.8. The number of hydrogen-bond donors (Lipinski definition) is 1. The Balaban J connectivity index is 2.28. The Hall–Kier alpha value is -0.130.